The first-order chi connectivity index (χ1) is 7.47. The van der Waals surface area contributed by atoms with Crippen LogP contribution in [-0.2, 0) is 0 Å². The van der Waals surface area contributed by atoms with Gasteiger partial charge in [-0.15, -0.1) is 13.2 Å². The lowest BCUT2D eigenvalue weighted by molar-refractivity contribution is -0.274. The maximum absolute atomic E-state index is 11.6. The molecule has 1 aromatic rings. The lowest BCUT2D eigenvalue weighted by Crippen LogP contribution is -2.17. The van der Waals surface area contributed by atoms with E-state index in [0.717, 1.165) is 6.20 Å². The molecule has 0 aliphatic heterocycles. The van der Waals surface area contributed by atoms with Crippen LogP contribution >= 0.6 is 0 Å². The van der Waals surface area contributed by atoms with E-state index in [1.165, 1.54) is 12.1 Å². The first-order valence-electron chi connectivity index (χ1n) is 5.16. The maximum Gasteiger partial charge on any atom is 0.573 e. The average molecular weight is 237 g/mol. The van der Waals surface area contributed by atoms with Gasteiger partial charge in [0.05, 0.1) is 6.20 Å². The standard InChI is InChI=1S/C7H6F3NO.2C2H6/c1-5-2-3-6(4-11-5)12-7(8,9)10;2*1-2/h2-4H,1H3;2*1-2H3. The van der Waals surface area contributed by atoms with Gasteiger partial charge in [0.2, 0.25) is 0 Å². The third kappa shape index (κ3) is 9.30. The van der Waals surface area contributed by atoms with E-state index in [9.17, 15) is 13.2 Å². The summed E-state index contributed by atoms with van der Waals surface area (Å²) in [5, 5.41) is 0. The van der Waals surface area contributed by atoms with Crippen molar-refractivity contribution >= 4 is 0 Å². The molecule has 0 aliphatic rings. The van der Waals surface area contributed by atoms with Gasteiger partial charge in [-0.2, -0.15) is 0 Å². The number of hydrogen-bond acceptors (Lipinski definition) is 2. The van der Waals surface area contributed by atoms with Crippen LogP contribution in [0.1, 0.15) is 33.4 Å². The molecule has 5 heteroatoms. The number of aryl methyl sites for hydroxylation is 1. The van der Waals surface area contributed by atoms with Gasteiger partial charge in [0.15, 0.2) is 0 Å². The highest BCUT2D eigenvalue weighted by molar-refractivity contribution is 5.19. The van der Waals surface area contributed by atoms with Gasteiger partial charge < -0.3 is 4.74 Å². The second-order valence-corrected chi connectivity index (χ2v) is 2.18. The zero-order valence-corrected chi connectivity index (χ0v) is 10.2. The minimum absolute atomic E-state index is 0.298. The molecule has 0 radical (unpaired) electrons. The molecular formula is C11H18F3NO. The summed E-state index contributed by atoms with van der Waals surface area (Å²) in [7, 11) is 0. The van der Waals surface area contributed by atoms with E-state index in [4.69, 9.17) is 0 Å². The molecule has 0 aliphatic carbocycles. The Morgan fingerprint density at radius 2 is 1.56 bits per heavy atom. The van der Waals surface area contributed by atoms with Crippen molar-refractivity contribution in [2.75, 3.05) is 0 Å². The van der Waals surface area contributed by atoms with Gasteiger partial charge in [-0.1, -0.05) is 27.7 Å². The molecule has 94 valence electrons. The predicted molar refractivity (Wildman–Crippen MR) is 58.4 cm³/mol. The van der Waals surface area contributed by atoms with Crippen molar-refractivity contribution < 1.29 is 17.9 Å². The summed E-state index contributed by atoms with van der Waals surface area (Å²) in [6, 6.07) is 2.66. The quantitative estimate of drug-likeness (QED) is 0.724. The van der Waals surface area contributed by atoms with Crippen LogP contribution in [0.4, 0.5) is 13.2 Å². The van der Waals surface area contributed by atoms with Crippen molar-refractivity contribution in [3.05, 3.63) is 24.0 Å². The van der Waals surface area contributed by atoms with Crippen molar-refractivity contribution in [1.82, 2.24) is 4.98 Å². The minimum Gasteiger partial charge on any atom is -0.404 e. The second-order valence-electron chi connectivity index (χ2n) is 2.18. The molecule has 0 amide bonds. The van der Waals surface area contributed by atoms with Crippen molar-refractivity contribution in [2.24, 2.45) is 0 Å². The van der Waals surface area contributed by atoms with E-state index in [1.807, 2.05) is 27.7 Å². The van der Waals surface area contributed by atoms with Crippen molar-refractivity contribution in [3.63, 3.8) is 0 Å². The molecule has 0 unspecified atom stereocenters. The fourth-order valence-electron chi connectivity index (χ4n) is 0.648. The molecule has 0 fully saturated rings. The number of rotatable bonds is 1. The molecule has 1 rings (SSSR count). The van der Waals surface area contributed by atoms with Crippen LogP contribution in [0, 0.1) is 6.92 Å². The molecule has 0 saturated heterocycles. The highest BCUT2D eigenvalue weighted by atomic mass is 19.4. The normalized spacial score (nSPS) is 9.25. The van der Waals surface area contributed by atoms with Crippen LogP contribution in [0.3, 0.4) is 0 Å². The Morgan fingerprint density at radius 3 is 1.88 bits per heavy atom. The third-order valence-electron chi connectivity index (χ3n) is 1.12. The Bertz CT molecular complexity index is 257. The fourth-order valence-corrected chi connectivity index (χ4v) is 0.648. The smallest absolute Gasteiger partial charge is 0.404 e. The number of ether oxygens (including phenoxy) is 1. The topological polar surface area (TPSA) is 22.1 Å². The monoisotopic (exact) mass is 237 g/mol. The van der Waals surface area contributed by atoms with Gasteiger partial charge in [0.1, 0.15) is 5.75 Å². The molecule has 16 heavy (non-hydrogen) atoms. The van der Waals surface area contributed by atoms with Crippen LogP contribution in [0.15, 0.2) is 18.3 Å². The van der Waals surface area contributed by atoms with Gasteiger partial charge in [0, 0.05) is 5.69 Å². The first-order valence-corrected chi connectivity index (χ1v) is 5.16. The maximum atomic E-state index is 11.6. The first kappa shape index (κ1) is 17.1. The van der Waals surface area contributed by atoms with Crippen molar-refractivity contribution in [1.29, 1.82) is 0 Å². The van der Waals surface area contributed by atoms with Crippen LogP contribution in [0.2, 0.25) is 0 Å². The lowest BCUT2D eigenvalue weighted by atomic mass is 10.4. The van der Waals surface area contributed by atoms with Gasteiger partial charge in [-0.3, -0.25) is 4.98 Å². The number of nitrogens with zero attached hydrogens (tertiary/aromatic N) is 1. The molecule has 0 atom stereocenters. The SMILES string of the molecule is CC.CC.Cc1ccc(OC(F)(F)F)cn1. The fraction of sp³-hybridized carbons (Fsp3) is 0.545. The van der Waals surface area contributed by atoms with E-state index >= 15 is 0 Å². The van der Waals surface area contributed by atoms with Crippen molar-refractivity contribution in [3.8, 4) is 5.75 Å². The lowest BCUT2D eigenvalue weighted by Gasteiger charge is -2.07. The molecule has 0 aromatic carbocycles. The summed E-state index contributed by atoms with van der Waals surface area (Å²) < 4.78 is 38.4. The molecule has 0 N–H and O–H groups in total. The zero-order valence-electron chi connectivity index (χ0n) is 10.2. The van der Waals surface area contributed by atoms with Gasteiger partial charge in [0.25, 0.3) is 0 Å². The molecule has 1 aromatic heterocycles. The minimum atomic E-state index is -4.64. The molecular weight excluding hydrogens is 219 g/mol. The molecule has 0 spiro atoms. The predicted octanol–water partition coefficient (Wildman–Crippen LogP) is 4.34. The summed E-state index contributed by atoms with van der Waals surface area (Å²) in [4.78, 5) is 3.64. The summed E-state index contributed by atoms with van der Waals surface area (Å²) in [5.74, 6) is -0.298. The summed E-state index contributed by atoms with van der Waals surface area (Å²) in [6.07, 6.45) is -3.61. The number of aromatic nitrogens is 1. The molecule has 1 heterocycles. The van der Waals surface area contributed by atoms with E-state index < -0.39 is 6.36 Å². The zero-order chi connectivity index (χ0) is 13.2. The number of pyridine rings is 1. The Hall–Kier alpha value is -1.26. The van der Waals surface area contributed by atoms with E-state index in [2.05, 4.69) is 9.72 Å². The van der Waals surface area contributed by atoms with Crippen molar-refractivity contribution in [2.45, 2.75) is 41.0 Å². The van der Waals surface area contributed by atoms with E-state index in [1.54, 1.807) is 6.92 Å². The Kier molecular flexibility index (Phi) is 9.65. The Morgan fingerprint density at radius 1 is 1.06 bits per heavy atom. The molecule has 2 nitrogen and oxygen atoms in total. The van der Waals surface area contributed by atoms with E-state index in [0.29, 0.717) is 5.69 Å². The van der Waals surface area contributed by atoms with Crippen LogP contribution in [0.25, 0.3) is 0 Å². The average Bonchev–Trinajstić information content (AvgIpc) is 2.25. The second kappa shape index (κ2) is 9.00. The Labute approximate surface area is 94.5 Å². The third-order valence-corrected chi connectivity index (χ3v) is 1.12. The summed E-state index contributed by atoms with van der Waals surface area (Å²) in [6.45, 7) is 9.68. The van der Waals surface area contributed by atoms with Crippen LogP contribution in [-0.4, -0.2) is 11.3 Å². The van der Waals surface area contributed by atoms with Gasteiger partial charge in [-0.25, -0.2) is 0 Å². The highest BCUT2D eigenvalue weighted by Crippen LogP contribution is 2.21. The van der Waals surface area contributed by atoms with Gasteiger partial charge >= 0.3 is 6.36 Å². The van der Waals surface area contributed by atoms with E-state index in [-0.39, 0.29) is 5.75 Å². The highest BCUT2D eigenvalue weighted by Gasteiger charge is 2.31. The Balaban J connectivity index is 0. The molecule has 0 saturated carbocycles. The number of halogens is 3. The summed E-state index contributed by atoms with van der Waals surface area (Å²) >= 11 is 0. The summed E-state index contributed by atoms with van der Waals surface area (Å²) in [5.41, 5.74) is 0.643. The number of hydrogen-bond donors (Lipinski definition) is 0. The van der Waals surface area contributed by atoms with Gasteiger partial charge in [-0.05, 0) is 19.1 Å². The molecule has 0 bridgehead atoms. The van der Waals surface area contributed by atoms with Crippen LogP contribution in [0.5, 0.6) is 5.75 Å². The number of alkyl halides is 3. The largest absolute Gasteiger partial charge is 0.573 e. The van der Waals surface area contributed by atoms with Crippen LogP contribution < -0.4 is 4.74 Å².